The molecule has 19 heavy (non-hydrogen) atoms. The van der Waals surface area contributed by atoms with Crippen LogP contribution in [0.1, 0.15) is 10.5 Å². The van der Waals surface area contributed by atoms with Crippen LogP contribution in [0.25, 0.3) is 0 Å². The lowest BCUT2D eigenvalue weighted by Crippen LogP contribution is -2.18. The van der Waals surface area contributed by atoms with Gasteiger partial charge in [0.2, 0.25) is 5.28 Å². The maximum Gasteiger partial charge on any atom is 0.273 e. The van der Waals surface area contributed by atoms with E-state index in [1.807, 2.05) is 10.8 Å². The van der Waals surface area contributed by atoms with Gasteiger partial charge in [0.05, 0.1) is 6.61 Å². The molecule has 0 saturated heterocycles. The SMILES string of the molecule is COCCn1cccc1C(=O)Nc1ccnc(Cl)n1. The lowest BCUT2D eigenvalue weighted by molar-refractivity contribution is 0.101. The van der Waals surface area contributed by atoms with Gasteiger partial charge in [-0.15, -0.1) is 0 Å². The molecule has 1 N–H and O–H groups in total. The molecule has 0 aromatic carbocycles. The van der Waals surface area contributed by atoms with Crippen LogP contribution in [0.2, 0.25) is 5.28 Å². The van der Waals surface area contributed by atoms with Crippen LogP contribution in [0.4, 0.5) is 5.82 Å². The van der Waals surface area contributed by atoms with Crippen molar-refractivity contribution in [3.8, 4) is 0 Å². The molecule has 7 heteroatoms. The van der Waals surface area contributed by atoms with Gasteiger partial charge in [-0.05, 0) is 29.8 Å². The van der Waals surface area contributed by atoms with E-state index in [9.17, 15) is 4.79 Å². The molecular weight excluding hydrogens is 268 g/mol. The predicted molar refractivity (Wildman–Crippen MR) is 71.3 cm³/mol. The highest BCUT2D eigenvalue weighted by Crippen LogP contribution is 2.09. The monoisotopic (exact) mass is 280 g/mol. The molecule has 1 amide bonds. The Labute approximate surface area is 115 Å². The molecule has 0 aliphatic carbocycles. The molecule has 2 aromatic heterocycles. The quantitative estimate of drug-likeness (QED) is 0.849. The number of amides is 1. The largest absolute Gasteiger partial charge is 0.383 e. The van der Waals surface area contributed by atoms with Crippen LogP contribution in [0.5, 0.6) is 0 Å². The van der Waals surface area contributed by atoms with E-state index < -0.39 is 0 Å². The summed E-state index contributed by atoms with van der Waals surface area (Å²) in [6, 6.07) is 5.11. The Morgan fingerprint density at radius 2 is 2.37 bits per heavy atom. The van der Waals surface area contributed by atoms with Crippen molar-refractivity contribution in [3.05, 3.63) is 41.6 Å². The van der Waals surface area contributed by atoms with Crippen LogP contribution in [-0.2, 0) is 11.3 Å². The highest BCUT2D eigenvalue weighted by Gasteiger charge is 2.11. The maximum absolute atomic E-state index is 12.1. The number of nitrogens with one attached hydrogen (secondary N) is 1. The molecule has 0 unspecified atom stereocenters. The molecule has 0 atom stereocenters. The number of nitrogens with zero attached hydrogens (tertiary/aromatic N) is 3. The molecule has 2 rings (SSSR count). The average molecular weight is 281 g/mol. The van der Waals surface area contributed by atoms with E-state index in [2.05, 4.69) is 15.3 Å². The molecular formula is C12H13ClN4O2. The molecule has 2 aromatic rings. The number of halogens is 1. The van der Waals surface area contributed by atoms with E-state index >= 15 is 0 Å². The van der Waals surface area contributed by atoms with Gasteiger partial charge >= 0.3 is 0 Å². The van der Waals surface area contributed by atoms with Crippen LogP contribution < -0.4 is 5.32 Å². The van der Waals surface area contributed by atoms with E-state index in [4.69, 9.17) is 16.3 Å². The zero-order chi connectivity index (χ0) is 13.7. The summed E-state index contributed by atoms with van der Waals surface area (Å²) in [6.07, 6.45) is 3.30. The zero-order valence-electron chi connectivity index (χ0n) is 10.3. The minimum atomic E-state index is -0.254. The number of carbonyl (C=O) groups is 1. The third-order valence-electron chi connectivity index (χ3n) is 2.47. The molecule has 100 valence electrons. The van der Waals surface area contributed by atoms with Crippen LogP contribution >= 0.6 is 11.6 Å². The van der Waals surface area contributed by atoms with Crippen LogP contribution in [0, 0.1) is 0 Å². The number of hydrogen-bond acceptors (Lipinski definition) is 4. The van der Waals surface area contributed by atoms with Gasteiger partial charge in [-0.25, -0.2) is 9.97 Å². The average Bonchev–Trinajstić information content (AvgIpc) is 2.84. The minimum absolute atomic E-state index is 0.0903. The molecule has 6 nitrogen and oxygen atoms in total. The van der Waals surface area contributed by atoms with E-state index in [0.717, 1.165) is 0 Å². The van der Waals surface area contributed by atoms with Crippen molar-refractivity contribution in [3.63, 3.8) is 0 Å². The van der Waals surface area contributed by atoms with Gasteiger partial charge < -0.3 is 14.6 Å². The molecule has 0 fully saturated rings. The number of rotatable bonds is 5. The first kappa shape index (κ1) is 13.5. The summed E-state index contributed by atoms with van der Waals surface area (Å²) in [4.78, 5) is 19.7. The van der Waals surface area contributed by atoms with Gasteiger partial charge in [0, 0.05) is 26.0 Å². The topological polar surface area (TPSA) is 69.0 Å². The Kier molecular flexibility index (Phi) is 4.48. The van der Waals surface area contributed by atoms with Crippen LogP contribution in [-0.4, -0.2) is 34.2 Å². The molecule has 0 aliphatic heterocycles. The number of anilines is 1. The fraction of sp³-hybridized carbons (Fsp3) is 0.250. The van der Waals surface area contributed by atoms with Crippen molar-refractivity contribution in [2.24, 2.45) is 0 Å². The first-order valence-electron chi connectivity index (χ1n) is 5.64. The molecule has 0 bridgehead atoms. The molecule has 0 aliphatic rings. The Bertz CT molecular complexity index is 570. The molecule has 0 radical (unpaired) electrons. The highest BCUT2D eigenvalue weighted by atomic mass is 35.5. The summed E-state index contributed by atoms with van der Waals surface area (Å²) in [5.41, 5.74) is 0.534. The highest BCUT2D eigenvalue weighted by molar-refractivity contribution is 6.28. The van der Waals surface area contributed by atoms with Crippen LogP contribution in [0.3, 0.4) is 0 Å². The summed E-state index contributed by atoms with van der Waals surface area (Å²) in [6.45, 7) is 1.14. The third kappa shape index (κ3) is 3.52. The molecule has 0 spiro atoms. The fourth-order valence-corrected chi connectivity index (χ4v) is 1.74. The van der Waals surface area contributed by atoms with Crippen molar-refractivity contribution in [1.29, 1.82) is 0 Å². The summed E-state index contributed by atoms with van der Waals surface area (Å²) in [5.74, 6) is 0.111. The number of hydrogen-bond donors (Lipinski definition) is 1. The second-order valence-corrected chi connectivity index (χ2v) is 4.08. The first-order chi connectivity index (χ1) is 9.20. The summed E-state index contributed by atoms with van der Waals surface area (Å²) in [7, 11) is 1.62. The van der Waals surface area contributed by atoms with Crippen molar-refractivity contribution in [2.75, 3.05) is 19.0 Å². The fourth-order valence-electron chi connectivity index (χ4n) is 1.59. The van der Waals surface area contributed by atoms with E-state index in [0.29, 0.717) is 24.7 Å². The summed E-state index contributed by atoms with van der Waals surface area (Å²) in [5, 5.41) is 2.76. The second kappa shape index (κ2) is 6.31. The van der Waals surface area contributed by atoms with Crippen molar-refractivity contribution in [2.45, 2.75) is 6.54 Å². The standard InChI is InChI=1S/C12H13ClN4O2/c1-19-8-7-17-6-2-3-9(17)11(18)15-10-4-5-14-12(13)16-10/h2-6H,7-8H2,1H3,(H,14,15,16,18). The number of aromatic nitrogens is 3. The van der Waals surface area contributed by atoms with Gasteiger partial charge in [-0.1, -0.05) is 0 Å². The summed E-state index contributed by atoms with van der Waals surface area (Å²) < 4.78 is 6.80. The Morgan fingerprint density at radius 1 is 1.53 bits per heavy atom. The Balaban J connectivity index is 2.09. The molecule has 2 heterocycles. The number of methoxy groups -OCH3 is 1. The van der Waals surface area contributed by atoms with Gasteiger partial charge in [0.1, 0.15) is 11.5 Å². The zero-order valence-corrected chi connectivity index (χ0v) is 11.1. The lowest BCUT2D eigenvalue weighted by atomic mass is 10.4. The number of carbonyl (C=O) groups excluding carboxylic acids is 1. The normalized spacial score (nSPS) is 10.4. The summed E-state index contributed by atoms with van der Waals surface area (Å²) >= 11 is 5.66. The van der Waals surface area contributed by atoms with Gasteiger partial charge in [0.15, 0.2) is 0 Å². The maximum atomic E-state index is 12.1. The Hall–Kier alpha value is -1.92. The Morgan fingerprint density at radius 3 is 3.11 bits per heavy atom. The van der Waals surface area contributed by atoms with Gasteiger partial charge in [-0.3, -0.25) is 4.79 Å². The minimum Gasteiger partial charge on any atom is -0.383 e. The third-order valence-corrected chi connectivity index (χ3v) is 2.65. The van der Waals surface area contributed by atoms with E-state index in [-0.39, 0.29) is 11.2 Å². The molecule has 0 saturated carbocycles. The van der Waals surface area contributed by atoms with Crippen molar-refractivity contribution in [1.82, 2.24) is 14.5 Å². The van der Waals surface area contributed by atoms with Gasteiger partial charge in [0.25, 0.3) is 5.91 Å². The predicted octanol–water partition coefficient (Wildman–Crippen LogP) is 1.83. The first-order valence-corrected chi connectivity index (χ1v) is 6.02. The smallest absolute Gasteiger partial charge is 0.273 e. The second-order valence-electron chi connectivity index (χ2n) is 3.74. The number of ether oxygens (including phenoxy) is 1. The lowest BCUT2D eigenvalue weighted by Gasteiger charge is -2.08. The van der Waals surface area contributed by atoms with Crippen LogP contribution in [0.15, 0.2) is 30.6 Å². The van der Waals surface area contributed by atoms with E-state index in [1.165, 1.54) is 6.20 Å². The van der Waals surface area contributed by atoms with E-state index in [1.54, 1.807) is 25.3 Å². The van der Waals surface area contributed by atoms with Crippen molar-refractivity contribution >= 4 is 23.3 Å². The van der Waals surface area contributed by atoms with Crippen molar-refractivity contribution < 1.29 is 9.53 Å². The van der Waals surface area contributed by atoms with Gasteiger partial charge in [-0.2, -0.15) is 0 Å².